The molecule has 0 spiro atoms. The molecule has 0 amide bonds. The average molecular weight is 463 g/mol. The largest absolute Gasteiger partial charge is 0.506 e. The highest BCUT2D eigenvalue weighted by Gasteiger charge is 2.28. The van der Waals surface area contributed by atoms with E-state index in [-0.39, 0.29) is 34.5 Å². The molecule has 0 heterocycles. The quantitative estimate of drug-likeness (QED) is 0.265. The highest BCUT2D eigenvalue weighted by Crippen LogP contribution is 2.44. The van der Waals surface area contributed by atoms with Gasteiger partial charge in [0.15, 0.2) is 0 Å². The third-order valence-corrected chi connectivity index (χ3v) is 7.25. The third-order valence-electron chi connectivity index (χ3n) is 7.25. The van der Waals surface area contributed by atoms with Crippen molar-refractivity contribution in [1.82, 2.24) is 0 Å². The molecule has 4 rings (SSSR count). The number of hydrogen-bond donors (Lipinski definition) is 6. The van der Waals surface area contributed by atoms with E-state index in [9.17, 15) is 10.2 Å². The van der Waals surface area contributed by atoms with Gasteiger partial charge in [-0.1, -0.05) is 30.9 Å². The van der Waals surface area contributed by atoms with Gasteiger partial charge in [0.1, 0.15) is 28.6 Å². The summed E-state index contributed by atoms with van der Waals surface area (Å²) in [6.45, 7) is 4.61. The Morgan fingerprint density at radius 2 is 1.53 bits per heavy atom. The number of rotatable bonds is 6. The first-order valence-electron chi connectivity index (χ1n) is 11.7. The molecule has 2 aliphatic carbocycles. The van der Waals surface area contributed by atoms with Gasteiger partial charge in [0, 0.05) is 5.92 Å². The fourth-order valence-corrected chi connectivity index (χ4v) is 5.08. The van der Waals surface area contributed by atoms with Gasteiger partial charge in [-0.05, 0) is 78.8 Å². The number of benzene rings is 2. The summed E-state index contributed by atoms with van der Waals surface area (Å²) < 4.78 is 5.92. The van der Waals surface area contributed by atoms with Crippen LogP contribution in [0.3, 0.4) is 0 Å². The number of nitrogen functional groups attached to an aromatic ring is 4. The molecule has 1 unspecified atom stereocenters. The Morgan fingerprint density at radius 3 is 2.21 bits per heavy atom. The molecule has 0 radical (unpaired) electrons. The first kappa shape index (κ1) is 23.4. The summed E-state index contributed by atoms with van der Waals surface area (Å²) in [6.07, 6.45) is 11.6. The van der Waals surface area contributed by atoms with Gasteiger partial charge in [0.25, 0.3) is 0 Å². The molecule has 0 bridgehead atoms. The Labute approximate surface area is 200 Å². The Bertz CT molecular complexity index is 1150. The molecule has 10 N–H and O–H groups in total. The molecule has 1 saturated carbocycles. The smallest absolute Gasteiger partial charge is 0.144 e. The molecular weight excluding hydrogens is 428 g/mol. The van der Waals surface area contributed by atoms with E-state index in [1.807, 2.05) is 12.1 Å². The second kappa shape index (κ2) is 9.63. The highest BCUT2D eigenvalue weighted by atomic mass is 16.5. The molecular formula is C27H34N4O3. The fraction of sp³-hybridized carbons (Fsp3) is 0.333. The van der Waals surface area contributed by atoms with Gasteiger partial charge in [-0.3, -0.25) is 0 Å². The van der Waals surface area contributed by atoms with E-state index < -0.39 is 0 Å². The van der Waals surface area contributed by atoms with Gasteiger partial charge in [-0.15, -0.1) is 0 Å². The molecule has 2 aliphatic rings. The summed E-state index contributed by atoms with van der Waals surface area (Å²) >= 11 is 0. The number of nitrogens with two attached hydrogens (primary N) is 4. The molecule has 1 fully saturated rings. The number of aromatic hydroxyl groups is 2. The number of allylic oxidation sites excluding steroid dienone is 5. The van der Waals surface area contributed by atoms with Crippen LogP contribution in [0.15, 0.2) is 60.2 Å². The van der Waals surface area contributed by atoms with Crippen LogP contribution in [0, 0.1) is 11.8 Å². The van der Waals surface area contributed by atoms with Crippen LogP contribution in [0.1, 0.15) is 43.6 Å². The predicted molar refractivity (Wildman–Crippen MR) is 139 cm³/mol. The van der Waals surface area contributed by atoms with Crippen molar-refractivity contribution in [3.05, 3.63) is 65.8 Å². The van der Waals surface area contributed by atoms with Crippen LogP contribution in [-0.2, 0) is 0 Å². The van der Waals surface area contributed by atoms with Crippen LogP contribution in [0.5, 0.6) is 17.2 Å². The van der Waals surface area contributed by atoms with Gasteiger partial charge >= 0.3 is 0 Å². The number of anilines is 4. The summed E-state index contributed by atoms with van der Waals surface area (Å²) in [5.41, 5.74) is 28.4. The summed E-state index contributed by atoms with van der Waals surface area (Å²) in [6, 6.07) is 6.61. The van der Waals surface area contributed by atoms with Crippen molar-refractivity contribution >= 4 is 22.7 Å². The topological polar surface area (TPSA) is 154 Å². The maximum atomic E-state index is 9.84. The Hall–Kier alpha value is -3.74. The minimum Gasteiger partial charge on any atom is -0.506 e. The van der Waals surface area contributed by atoms with Gasteiger partial charge < -0.3 is 37.9 Å². The third kappa shape index (κ3) is 4.51. The van der Waals surface area contributed by atoms with E-state index in [4.69, 9.17) is 27.7 Å². The lowest BCUT2D eigenvalue weighted by atomic mass is 9.74. The maximum absolute atomic E-state index is 9.84. The molecule has 7 heteroatoms. The van der Waals surface area contributed by atoms with Crippen molar-refractivity contribution < 1.29 is 14.9 Å². The number of ether oxygens (including phenoxy) is 1. The predicted octanol–water partition coefficient (Wildman–Crippen LogP) is 4.84. The number of hydrogen-bond acceptors (Lipinski definition) is 7. The second-order valence-corrected chi connectivity index (χ2v) is 9.28. The van der Waals surface area contributed by atoms with Crippen molar-refractivity contribution in [2.24, 2.45) is 11.8 Å². The first-order valence-corrected chi connectivity index (χ1v) is 11.7. The maximum Gasteiger partial charge on any atom is 0.144 e. The van der Waals surface area contributed by atoms with E-state index in [1.165, 1.54) is 11.6 Å². The fourth-order valence-electron chi connectivity index (χ4n) is 5.08. The van der Waals surface area contributed by atoms with E-state index in [0.29, 0.717) is 29.9 Å². The molecule has 180 valence electrons. The lowest BCUT2D eigenvalue weighted by molar-refractivity contribution is 0.193. The summed E-state index contributed by atoms with van der Waals surface area (Å²) in [4.78, 5) is 0. The van der Waals surface area contributed by atoms with Gasteiger partial charge in [-0.2, -0.15) is 0 Å². The van der Waals surface area contributed by atoms with Crippen molar-refractivity contribution in [2.45, 2.75) is 38.0 Å². The van der Waals surface area contributed by atoms with Gasteiger partial charge in [-0.25, -0.2) is 0 Å². The van der Waals surface area contributed by atoms with Crippen LogP contribution in [0.2, 0.25) is 0 Å². The van der Waals surface area contributed by atoms with E-state index in [1.54, 1.807) is 12.1 Å². The molecule has 34 heavy (non-hydrogen) atoms. The molecule has 0 saturated heterocycles. The lowest BCUT2D eigenvalue weighted by Crippen LogP contribution is -2.22. The average Bonchev–Trinajstić information content (AvgIpc) is 2.86. The van der Waals surface area contributed by atoms with Gasteiger partial charge in [0.05, 0.1) is 18.0 Å². The number of phenols is 2. The van der Waals surface area contributed by atoms with Crippen molar-refractivity contribution in [3.8, 4) is 17.2 Å². The zero-order valence-electron chi connectivity index (χ0n) is 19.3. The highest BCUT2D eigenvalue weighted by molar-refractivity contribution is 5.76. The Balaban J connectivity index is 1.37. The van der Waals surface area contributed by atoms with E-state index >= 15 is 0 Å². The first-order chi connectivity index (χ1) is 16.3. The monoisotopic (exact) mass is 462 g/mol. The summed E-state index contributed by atoms with van der Waals surface area (Å²) in [5.74, 6) is 1.53. The summed E-state index contributed by atoms with van der Waals surface area (Å²) in [5, 5.41) is 19.5. The van der Waals surface area contributed by atoms with Crippen LogP contribution < -0.4 is 27.7 Å². The SMILES string of the molecule is C=CC1=CC(C2CCC(COc3ccc(O)c(N)c3N)CC2)=CCC1c1ccc(O)c(N)c1N. The zero-order chi connectivity index (χ0) is 24.4. The van der Waals surface area contributed by atoms with Crippen LogP contribution in [0.4, 0.5) is 22.7 Å². The van der Waals surface area contributed by atoms with Crippen molar-refractivity contribution in [2.75, 3.05) is 29.5 Å². The van der Waals surface area contributed by atoms with Crippen molar-refractivity contribution in [3.63, 3.8) is 0 Å². The molecule has 2 aromatic carbocycles. The van der Waals surface area contributed by atoms with Gasteiger partial charge in [0.2, 0.25) is 0 Å². The van der Waals surface area contributed by atoms with Crippen molar-refractivity contribution in [1.29, 1.82) is 0 Å². The molecule has 0 aliphatic heterocycles. The minimum atomic E-state index is -0.0307. The minimum absolute atomic E-state index is 0.00901. The van der Waals surface area contributed by atoms with Crippen LogP contribution >= 0.6 is 0 Å². The molecule has 2 aromatic rings. The molecule has 7 nitrogen and oxygen atoms in total. The van der Waals surface area contributed by atoms with E-state index in [0.717, 1.165) is 43.2 Å². The Kier molecular flexibility index (Phi) is 6.63. The lowest BCUT2D eigenvalue weighted by Gasteiger charge is -2.32. The molecule has 1 atom stereocenters. The van der Waals surface area contributed by atoms with E-state index in [2.05, 4.69) is 18.7 Å². The second-order valence-electron chi connectivity index (χ2n) is 9.28. The summed E-state index contributed by atoms with van der Waals surface area (Å²) in [7, 11) is 0. The number of phenolic OH excluding ortho intramolecular Hbond substituents is 2. The standard InChI is InChI=1S/C27H34N4O3/c1-2-16-13-18(7-8-19(16)20-9-10-21(32)25(29)24(20)28)17-5-3-15(4-6-17)14-34-23-12-11-22(33)26(30)27(23)31/h2,7,9-13,15,17,19,32-33H,1,3-6,8,14,28-31H2. The normalized spacial score (nSPS) is 22.5. The Morgan fingerprint density at radius 1 is 0.882 bits per heavy atom. The zero-order valence-corrected chi connectivity index (χ0v) is 19.3. The van der Waals surface area contributed by atoms with Crippen LogP contribution in [-0.4, -0.2) is 16.8 Å². The van der Waals surface area contributed by atoms with Crippen LogP contribution in [0.25, 0.3) is 0 Å². The molecule has 0 aromatic heterocycles.